The standard InChI is InChI=1S/C37H53ClN2O7S/c1-21(2)9-8-10-26(34(44)39-40-48(45,46)25-13-11-24(38)12-14-25)32-28-19-30(43)33-35(5)17-16-29(42)22(3)27(35)15-18-36(33,6)37(28,7)20-31(32)47-23(4)41/h9,11-14,22,27-31,33,40,42-43H,8,10,15-20H2,1-7H3,(H,39,44)/b32-26-/t22-,27-,28-,29+,30+,31-,33?,35-,36-,37-/m0/s1. The number of sulfonamides is 1. The quantitative estimate of drug-likeness (QED) is 0.109. The smallest absolute Gasteiger partial charge is 0.303 e. The fraction of sp³-hybridized carbons (Fsp3) is 0.676. The summed E-state index contributed by atoms with van der Waals surface area (Å²) in [5, 5.41) is 23.4. The van der Waals surface area contributed by atoms with E-state index in [2.05, 4.69) is 38.0 Å². The molecule has 0 aromatic heterocycles. The van der Waals surface area contributed by atoms with E-state index in [0.29, 0.717) is 48.3 Å². The number of hydrogen-bond donors (Lipinski definition) is 4. The molecule has 0 aliphatic heterocycles. The van der Waals surface area contributed by atoms with Gasteiger partial charge in [-0.25, -0.2) is 8.42 Å². The summed E-state index contributed by atoms with van der Waals surface area (Å²) in [4.78, 5) is 28.9. The van der Waals surface area contributed by atoms with Gasteiger partial charge in [0.05, 0.1) is 17.1 Å². The molecule has 0 radical (unpaired) electrons. The van der Waals surface area contributed by atoms with Crippen LogP contribution in [0.25, 0.3) is 0 Å². The Kier molecular flexibility index (Phi) is 10.4. The van der Waals surface area contributed by atoms with Gasteiger partial charge >= 0.3 is 5.97 Å². The zero-order valence-corrected chi connectivity index (χ0v) is 30.9. The van der Waals surface area contributed by atoms with Gasteiger partial charge in [-0.05, 0) is 135 Å². The lowest BCUT2D eigenvalue weighted by Gasteiger charge is -2.69. The van der Waals surface area contributed by atoms with Crippen molar-refractivity contribution in [3.8, 4) is 0 Å². The number of halogens is 1. The second-order valence-electron chi connectivity index (χ2n) is 15.9. The summed E-state index contributed by atoms with van der Waals surface area (Å²) in [5.41, 5.74) is 3.63. The van der Waals surface area contributed by atoms with Crippen LogP contribution in [0.3, 0.4) is 0 Å². The molecule has 0 bridgehead atoms. The number of ether oxygens (including phenoxy) is 1. The Morgan fingerprint density at radius 2 is 1.69 bits per heavy atom. The summed E-state index contributed by atoms with van der Waals surface area (Å²) in [6.45, 7) is 14.3. The predicted molar refractivity (Wildman–Crippen MR) is 185 cm³/mol. The molecule has 11 heteroatoms. The molecule has 1 aromatic rings. The fourth-order valence-corrected chi connectivity index (χ4v) is 11.6. The van der Waals surface area contributed by atoms with Crippen LogP contribution >= 0.6 is 11.6 Å². The van der Waals surface area contributed by atoms with E-state index in [-0.39, 0.29) is 45.5 Å². The van der Waals surface area contributed by atoms with Crippen molar-refractivity contribution in [1.82, 2.24) is 10.3 Å². The number of allylic oxidation sites excluding steroid dienone is 2. The third-order valence-electron chi connectivity index (χ3n) is 13.0. The van der Waals surface area contributed by atoms with Crippen LogP contribution in [0.4, 0.5) is 0 Å². The molecule has 0 spiro atoms. The van der Waals surface area contributed by atoms with Crippen LogP contribution in [-0.2, 0) is 24.3 Å². The Morgan fingerprint density at radius 1 is 1.02 bits per heavy atom. The Hall–Kier alpha value is -2.24. The average Bonchev–Trinajstić information content (AvgIpc) is 3.27. The predicted octanol–water partition coefficient (Wildman–Crippen LogP) is 6.24. The highest BCUT2D eigenvalue weighted by atomic mass is 35.5. The van der Waals surface area contributed by atoms with Crippen molar-refractivity contribution in [3.63, 3.8) is 0 Å². The van der Waals surface area contributed by atoms with Gasteiger partial charge in [-0.1, -0.05) is 50.9 Å². The van der Waals surface area contributed by atoms with E-state index in [1.807, 2.05) is 19.9 Å². The molecule has 4 aliphatic carbocycles. The minimum Gasteiger partial charge on any atom is -0.458 e. The number of hydrogen-bond acceptors (Lipinski definition) is 7. The van der Waals surface area contributed by atoms with Crippen LogP contribution in [0.1, 0.15) is 99.8 Å². The number of hydrazine groups is 1. The van der Waals surface area contributed by atoms with E-state index in [9.17, 15) is 28.2 Å². The largest absolute Gasteiger partial charge is 0.458 e. The molecule has 1 amide bonds. The first-order valence-electron chi connectivity index (χ1n) is 17.3. The normalized spacial score (nSPS) is 38.6. The van der Waals surface area contributed by atoms with Crippen molar-refractivity contribution in [2.75, 3.05) is 0 Å². The van der Waals surface area contributed by atoms with E-state index in [4.69, 9.17) is 16.3 Å². The second-order valence-corrected chi connectivity index (χ2v) is 18.0. The number of aliphatic hydroxyl groups is 2. The van der Waals surface area contributed by atoms with E-state index in [0.717, 1.165) is 24.8 Å². The number of carbonyl (C=O) groups excluding carboxylic acids is 2. The first kappa shape index (κ1) is 37.0. The molecule has 4 N–H and O–H groups in total. The van der Waals surface area contributed by atoms with Crippen molar-refractivity contribution < 1.29 is 33.0 Å². The molecular formula is C37H53ClN2O7S. The Bertz CT molecular complexity index is 1590. The molecule has 48 heavy (non-hydrogen) atoms. The van der Waals surface area contributed by atoms with Crippen molar-refractivity contribution >= 4 is 33.5 Å². The third kappa shape index (κ3) is 6.41. The zero-order valence-electron chi connectivity index (χ0n) is 29.3. The van der Waals surface area contributed by atoms with Crippen LogP contribution in [0, 0.1) is 39.9 Å². The number of aliphatic hydroxyl groups excluding tert-OH is 2. The molecule has 1 unspecified atom stereocenters. The van der Waals surface area contributed by atoms with Gasteiger partial charge in [-0.2, -0.15) is 0 Å². The summed E-state index contributed by atoms with van der Waals surface area (Å²) < 4.78 is 32.2. The van der Waals surface area contributed by atoms with E-state index >= 15 is 0 Å². The molecular weight excluding hydrogens is 652 g/mol. The Balaban J connectivity index is 1.57. The van der Waals surface area contributed by atoms with Gasteiger partial charge in [0.15, 0.2) is 0 Å². The number of rotatable bonds is 8. The van der Waals surface area contributed by atoms with Gasteiger partial charge in [0.25, 0.3) is 15.9 Å². The van der Waals surface area contributed by atoms with Gasteiger partial charge in [0, 0.05) is 17.5 Å². The van der Waals surface area contributed by atoms with Gasteiger partial charge in [0.1, 0.15) is 6.10 Å². The molecule has 5 rings (SSSR count). The van der Waals surface area contributed by atoms with Gasteiger partial charge < -0.3 is 14.9 Å². The lowest BCUT2D eigenvalue weighted by atomic mass is 9.36. The Morgan fingerprint density at radius 3 is 2.31 bits per heavy atom. The molecule has 4 fully saturated rings. The maximum atomic E-state index is 14.1. The summed E-state index contributed by atoms with van der Waals surface area (Å²) in [5.74, 6) is -0.953. The SMILES string of the molecule is CC(=O)O[C@H]1C[C@@]2(C)[C@@H](C[C@@H](O)C3[C@]2(C)CC[C@H]2[C@H](C)[C@H](O)CC[C@]32C)/C1=C(\CCC=C(C)C)C(=O)NNS(=O)(=O)c1ccc(Cl)cc1. The zero-order chi connectivity index (χ0) is 35.4. The van der Waals surface area contributed by atoms with E-state index in [1.165, 1.54) is 31.2 Å². The number of fused-ring (bicyclic) bond motifs is 5. The summed E-state index contributed by atoms with van der Waals surface area (Å²) in [7, 11) is -4.11. The highest BCUT2D eigenvalue weighted by Gasteiger charge is 2.70. The van der Waals surface area contributed by atoms with Gasteiger partial charge in [0.2, 0.25) is 0 Å². The highest BCUT2D eigenvalue weighted by Crippen LogP contribution is 2.74. The van der Waals surface area contributed by atoms with Crippen molar-refractivity contribution in [2.24, 2.45) is 39.9 Å². The van der Waals surface area contributed by atoms with Gasteiger partial charge in [-0.3, -0.25) is 15.0 Å². The summed E-state index contributed by atoms with van der Waals surface area (Å²) >= 11 is 5.95. The Labute approximate surface area is 291 Å². The number of esters is 1. The van der Waals surface area contributed by atoms with Crippen LogP contribution in [0.15, 0.2) is 52.0 Å². The van der Waals surface area contributed by atoms with Crippen LogP contribution in [-0.4, -0.2) is 48.8 Å². The monoisotopic (exact) mass is 704 g/mol. The molecule has 9 nitrogen and oxygen atoms in total. The molecule has 10 atom stereocenters. The van der Waals surface area contributed by atoms with Crippen molar-refractivity contribution in [1.29, 1.82) is 0 Å². The number of amides is 1. The first-order valence-corrected chi connectivity index (χ1v) is 19.2. The minimum absolute atomic E-state index is 0.0357. The van der Waals surface area contributed by atoms with Crippen LogP contribution in [0.2, 0.25) is 5.02 Å². The van der Waals surface area contributed by atoms with Gasteiger partial charge in [-0.15, -0.1) is 4.83 Å². The number of nitrogens with one attached hydrogen (secondary N) is 2. The minimum atomic E-state index is -4.11. The average molecular weight is 705 g/mol. The van der Waals surface area contributed by atoms with Crippen LogP contribution in [0.5, 0.6) is 0 Å². The fourth-order valence-electron chi connectivity index (χ4n) is 10.7. The lowest BCUT2D eigenvalue weighted by molar-refractivity contribution is -0.234. The lowest BCUT2D eigenvalue weighted by Crippen LogP contribution is -2.65. The van der Waals surface area contributed by atoms with E-state index < -0.39 is 39.5 Å². The second kappa shape index (κ2) is 13.5. The topological polar surface area (TPSA) is 142 Å². The summed E-state index contributed by atoms with van der Waals surface area (Å²) in [6, 6.07) is 5.63. The molecule has 266 valence electrons. The number of benzene rings is 1. The first-order chi connectivity index (χ1) is 22.4. The molecule has 4 saturated carbocycles. The third-order valence-corrected chi connectivity index (χ3v) is 14.5. The maximum absolute atomic E-state index is 14.1. The molecule has 1 aromatic carbocycles. The molecule has 0 saturated heterocycles. The van der Waals surface area contributed by atoms with E-state index in [1.54, 1.807) is 0 Å². The number of carbonyl (C=O) groups is 2. The van der Waals surface area contributed by atoms with Crippen molar-refractivity contribution in [2.45, 2.75) is 123 Å². The molecule has 0 heterocycles. The van der Waals surface area contributed by atoms with Crippen molar-refractivity contribution in [3.05, 3.63) is 52.1 Å². The summed E-state index contributed by atoms with van der Waals surface area (Å²) in [6.07, 6.45) is 5.35. The maximum Gasteiger partial charge on any atom is 0.303 e. The molecule has 4 aliphatic rings. The highest BCUT2D eigenvalue weighted by molar-refractivity contribution is 7.89. The van der Waals surface area contributed by atoms with Crippen LogP contribution < -0.4 is 10.3 Å².